The van der Waals surface area contributed by atoms with Gasteiger partial charge in [0.25, 0.3) is 0 Å². The molecule has 0 radical (unpaired) electrons. The van der Waals surface area contributed by atoms with E-state index < -0.39 is 11.9 Å². The fraction of sp³-hybridized carbons (Fsp3) is 0.188. The van der Waals surface area contributed by atoms with Crippen molar-refractivity contribution < 1.29 is 19.1 Å². The van der Waals surface area contributed by atoms with Crippen molar-refractivity contribution in [2.75, 3.05) is 18.1 Å². The second kappa shape index (κ2) is 14.0. The van der Waals surface area contributed by atoms with Gasteiger partial charge in [-0.15, -0.1) is 0 Å². The molecule has 0 N–H and O–H groups in total. The first kappa shape index (κ1) is 28.4. The maximum atomic E-state index is 12.2. The largest absolute Gasteiger partial charge is 0.462 e. The van der Waals surface area contributed by atoms with E-state index in [1.165, 1.54) is 12.2 Å². The van der Waals surface area contributed by atoms with Gasteiger partial charge in [0.1, 0.15) is 23.3 Å². The van der Waals surface area contributed by atoms with Crippen LogP contribution in [0.25, 0.3) is 12.2 Å². The Labute approximate surface area is 228 Å². The Morgan fingerprint density at radius 2 is 1.18 bits per heavy atom. The summed E-state index contributed by atoms with van der Waals surface area (Å²) in [5, 5.41) is 18.8. The standard InChI is InChI=1S/C32H29N3O4/c1-4-38-31(36)26(20-33)18-24-10-14-29(15-11-24)35(28-8-6-5-7-9-28)30-16-12-25(13-17-30)19-27(21-34)32(37)39-22-23(2)3/h5-19,23H,4,22H2,1-3H3/b26-18+,27-19+. The summed E-state index contributed by atoms with van der Waals surface area (Å²) in [6.45, 7) is 5.98. The molecule has 3 aromatic carbocycles. The predicted octanol–water partition coefficient (Wildman–Crippen LogP) is 6.73. The molecule has 0 aliphatic heterocycles. The highest BCUT2D eigenvalue weighted by Gasteiger charge is 2.15. The topological polar surface area (TPSA) is 103 Å². The van der Waals surface area contributed by atoms with Gasteiger partial charge in [0, 0.05) is 17.1 Å². The molecule has 0 aliphatic rings. The van der Waals surface area contributed by atoms with Crippen molar-refractivity contribution in [3.05, 3.63) is 101 Å². The molecule has 39 heavy (non-hydrogen) atoms. The lowest BCUT2D eigenvalue weighted by atomic mass is 10.1. The zero-order chi connectivity index (χ0) is 28.2. The number of carbonyl (C=O) groups is 2. The number of nitriles is 2. The van der Waals surface area contributed by atoms with Crippen molar-refractivity contribution in [3.8, 4) is 12.1 Å². The molecule has 0 spiro atoms. The summed E-state index contributed by atoms with van der Waals surface area (Å²) in [6, 6.07) is 28.5. The van der Waals surface area contributed by atoms with Crippen LogP contribution in [0.1, 0.15) is 31.9 Å². The van der Waals surface area contributed by atoms with E-state index in [1.54, 1.807) is 6.92 Å². The number of ether oxygens (including phenoxy) is 2. The fourth-order valence-corrected chi connectivity index (χ4v) is 3.60. The number of anilines is 3. The lowest BCUT2D eigenvalue weighted by Gasteiger charge is -2.25. The quantitative estimate of drug-likeness (QED) is 0.166. The van der Waals surface area contributed by atoms with Gasteiger partial charge in [-0.25, -0.2) is 9.59 Å². The van der Waals surface area contributed by atoms with Gasteiger partial charge in [0.15, 0.2) is 0 Å². The van der Waals surface area contributed by atoms with Crippen LogP contribution in [0.3, 0.4) is 0 Å². The van der Waals surface area contributed by atoms with Crippen LogP contribution in [0.2, 0.25) is 0 Å². The zero-order valence-corrected chi connectivity index (χ0v) is 22.1. The summed E-state index contributed by atoms with van der Waals surface area (Å²) in [5.74, 6) is -1.12. The third-order valence-electron chi connectivity index (χ3n) is 5.44. The minimum absolute atomic E-state index is 0.0634. The second-order valence-electron chi connectivity index (χ2n) is 8.91. The zero-order valence-electron chi connectivity index (χ0n) is 22.1. The van der Waals surface area contributed by atoms with E-state index in [9.17, 15) is 20.1 Å². The van der Waals surface area contributed by atoms with Crippen LogP contribution in [0, 0.1) is 28.6 Å². The van der Waals surface area contributed by atoms with Crippen molar-refractivity contribution in [1.82, 2.24) is 0 Å². The molecule has 0 bridgehead atoms. The number of esters is 2. The molecule has 0 saturated carbocycles. The third kappa shape index (κ3) is 7.92. The molecule has 0 aliphatic carbocycles. The van der Waals surface area contributed by atoms with Crippen molar-refractivity contribution in [3.63, 3.8) is 0 Å². The normalized spacial score (nSPS) is 11.3. The van der Waals surface area contributed by atoms with Gasteiger partial charge < -0.3 is 14.4 Å². The Bertz CT molecular complexity index is 1430. The van der Waals surface area contributed by atoms with E-state index in [2.05, 4.69) is 0 Å². The van der Waals surface area contributed by atoms with E-state index in [0.717, 1.165) is 17.1 Å². The van der Waals surface area contributed by atoms with Crippen LogP contribution >= 0.6 is 0 Å². The van der Waals surface area contributed by atoms with Gasteiger partial charge >= 0.3 is 11.9 Å². The number of rotatable bonds is 10. The molecule has 0 fully saturated rings. The van der Waals surface area contributed by atoms with Crippen LogP contribution in [-0.4, -0.2) is 25.2 Å². The Balaban J connectivity index is 1.92. The molecule has 3 rings (SSSR count). The average Bonchev–Trinajstić information content (AvgIpc) is 2.95. The Hall–Kier alpha value is -5.14. The lowest BCUT2D eigenvalue weighted by Crippen LogP contribution is -2.11. The summed E-state index contributed by atoms with van der Waals surface area (Å²) in [4.78, 5) is 26.2. The van der Waals surface area contributed by atoms with E-state index in [1.807, 2.05) is 110 Å². The minimum atomic E-state index is -0.656. The Morgan fingerprint density at radius 1 is 0.744 bits per heavy atom. The van der Waals surface area contributed by atoms with Gasteiger partial charge in [-0.2, -0.15) is 10.5 Å². The van der Waals surface area contributed by atoms with E-state index in [4.69, 9.17) is 9.47 Å². The molecule has 0 saturated heterocycles. The third-order valence-corrected chi connectivity index (χ3v) is 5.44. The molecular formula is C32H29N3O4. The number of para-hydroxylation sites is 1. The Morgan fingerprint density at radius 3 is 1.59 bits per heavy atom. The minimum Gasteiger partial charge on any atom is -0.462 e. The van der Waals surface area contributed by atoms with Crippen LogP contribution in [0.15, 0.2) is 90.0 Å². The molecule has 3 aromatic rings. The van der Waals surface area contributed by atoms with Crippen LogP contribution in [0.4, 0.5) is 17.1 Å². The molecule has 0 unspecified atom stereocenters. The molecule has 0 aromatic heterocycles. The van der Waals surface area contributed by atoms with Crippen molar-refractivity contribution >= 4 is 41.2 Å². The molecule has 0 heterocycles. The van der Waals surface area contributed by atoms with E-state index >= 15 is 0 Å². The van der Waals surface area contributed by atoms with Gasteiger partial charge in [-0.05, 0) is 72.5 Å². The highest BCUT2D eigenvalue weighted by molar-refractivity contribution is 5.98. The monoisotopic (exact) mass is 519 g/mol. The molecule has 0 amide bonds. The van der Waals surface area contributed by atoms with Gasteiger partial charge in [0.2, 0.25) is 0 Å². The second-order valence-corrected chi connectivity index (χ2v) is 8.91. The highest BCUT2D eigenvalue weighted by atomic mass is 16.5. The van der Waals surface area contributed by atoms with Crippen LogP contribution in [-0.2, 0) is 19.1 Å². The summed E-state index contributed by atoms with van der Waals surface area (Å²) >= 11 is 0. The molecule has 7 nitrogen and oxygen atoms in total. The van der Waals surface area contributed by atoms with Gasteiger partial charge in [-0.1, -0.05) is 56.3 Å². The molecule has 196 valence electrons. The smallest absolute Gasteiger partial charge is 0.348 e. The molecular weight excluding hydrogens is 490 g/mol. The number of benzene rings is 3. The van der Waals surface area contributed by atoms with Gasteiger partial charge in [0.05, 0.1) is 13.2 Å². The lowest BCUT2D eigenvalue weighted by molar-refractivity contribution is -0.139. The molecule has 0 atom stereocenters. The van der Waals surface area contributed by atoms with E-state index in [0.29, 0.717) is 11.1 Å². The first-order chi connectivity index (χ1) is 18.9. The number of carbonyl (C=O) groups excluding carboxylic acids is 2. The number of hydrogen-bond acceptors (Lipinski definition) is 7. The number of nitrogens with zero attached hydrogens (tertiary/aromatic N) is 3. The van der Waals surface area contributed by atoms with Crippen LogP contribution in [0.5, 0.6) is 0 Å². The summed E-state index contributed by atoms with van der Waals surface area (Å²) in [5.41, 5.74) is 3.87. The summed E-state index contributed by atoms with van der Waals surface area (Å²) in [6.07, 6.45) is 3.01. The number of hydrogen-bond donors (Lipinski definition) is 0. The van der Waals surface area contributed by atoms with Crippen LogP contribution < -0.4 is 4.90 Å². The summed E-state index contributed by atoms with van der Waals surface area (Å²) in [7, 11) is 0. The predicted molar refractivity (Wildman–Crippen MR) is 151 cm³/mol. The average molecular weight is 520 g/mol. The highest BCUT2D eigenvalue weighted by Crippen LogP contribution is 2.34. The van der Waals surface area contributed by atoms with Crippen molar-refractivity contribution in [1.29, 1.82) is 10.5 Å². The maximum absolute atomic E-state index is 12.2. The first-order valence-electron chi connectivity index (χ1n) is 12.5. The van der Waals surface area contributed by atoms with E-state index in [-0.39, 0.29) is 30.3 Å². The SMILES string of the molecule is CCOC(=O)/C(C#N)=C/c1ccc(N(c2ccccc2)c2ccc(/C=C(\C#N)C(=O)OCC(C)C)cc2)cc1. The van der Waals surface area contributed by atoms with Crippen molar-refractivity contribution in [2.24, 2.45) is 5.92 Å². The first-order valence-corrected chi connectivity index (χ1v) is 12.5. The Kier molecular flexibility index (Phi) is 10.2. The molecule has 7 heteroatoms. The maximum Gasteiger partial charge on any atom is 0.348 e. The van der Waals surface area contributed by atoms with Crippen molar-refractivity contribution in [2.45, 2.75) is 20.8 Å². The summed E-state index contributed by atoms with van der Waals surface area (Å²) < 4.78 is 10.1. The fourth-order valence-electron chi connectivity index (χ4n) is 3.60. The van der Waals surface area contributed by atoms with Gasteiger partial charge in [-0.3, -0.25) is 0 Å².